The summed E-state index contributed by atoms with van der Waals surface area (Å²) in [5.41, 5.74) is 3.43. The molecule has 1 saturated carbocycles. The van der Waals surface area contributed by atoms with Gasteiger partial charge in [-0.15, -0.1) is 0 Å². The smallest absolute Gasteiger partial charge is 0.311 e. The predicted octanol–water partition coefficient (Wildman–Crippen LogP) is 5.94. The van der Waals surface area contributed by atoms with Crippen molar-refractivity contribution in [2.45, 2.75) is 37.5 Å². The van der Waals surface area contributed by atoms with Crippen LogP contribution in [0.15, 0.2) is 54.6 Å². The highest BCUT2D eigenvalue weighted by Gasteiger charge is 2.29. The van der Waals surface area contributed by atoms with E-state index in [0.29, 0.717) is 60.3 Å². The van der Waals surface area contributed by atoms with Crippen molar-refractivity contribution in [2.24, 2.45) is 0 Å². The Labute approximate surface area is 220 Å². The van der Waals surface area contributed by atoms with Crippen molar-refractivity contribution in [1.29, 1.82) is 0 Å². The minimum absolute atomic E-state index is 0.181. The van der Waals surface area contributed by atoms with Crippen LogP contribution in [-0.2, 0) is 11.2 Å². The van der Waals surface area contributed by atoms with Crippen LogP contribution >= 0.6 is 11.6 Å². The molecule has 1 atom stereocenters. The Morgan fingerprint density at radius 1 is 1.05 bits per heavy atom. The molecule has 7 nitrogen and oxygen atoms in total. The summed E-state index contributed by atoms with van der Waals surface area (Å²) < 4.78 is 17.1. The first kappa shape index (κ1) is 25.0. The molecule has 3 aromatic rings. The molecule has 1 aliphatic heterocycles. The number of carbonyl (C=O) groups is 2. The van der Waals surface area contributed by atoms with Gasteiger partial charge in [-0.1, -0.05) is 23.7 Å². The Bertz CT molecular complexity index is 1320. The summed E-state index contributed by atoms with van der Waals surface area (Å²) in [5.74, 6) is 1.08. The normalized spacial score (nSPS) is 16.3. The van der Waals surface area contributed by atoms with Crippen LogP contribution in [0.5, 0.6) is 23.0 Å². The van der Waals surface area contributed by atoms with Crippen molar-refractivity contribution in [3.63, 3.8) is 0 Å². The molecule has 0 radical (unpaired) electrons. The number of halogens is 1. The second-order valence-electron chi connectivity index (χ2n) is 9.33. The fourth-order valence-electron chi connectivity index (χ4n) is 4.58. The van der Waals surface area contributed by atoms with E-state index >= 15 is 0 Å². The molecular formula is C29H28ClNO6. The van der Waals surface area contributed by atoms with Gasteiger partial charge in [0.05, 0.1) is 24.7 Å². The lowest BCUT2D eigenvalue weighted by Crippen LogP contribution is -2.25. The fourth-order valence-corrected chi connectivity index (χ4v) is 4.79. The number of amides is 1. The first-order valence-electron chi connectivity index (χ1n) is 12.3. The predicted molar refractivity (Wildman–Crippen MR) is 139 cm³/mol. The number of ether oxygens (including phenoxy) is 3. The zero-order valence-corrected chi connectivity index (χ0v) is 21.2. The number of carboxylic acids is 1. The second-order valence-corrected chi connectivity index (χ2v) is 9.73. The third-order valence-corrected chi connectivity index (χ3v) is 7.08. The molecule has 3 aromatic carbocycles. The number of benzene rings is 3. The highest BCUT2D eigenvalue weighted by Crippen LogP contribution is 2.42. The van der Waals surface area contributed by atoms with Crippen LogP contribution in [0, 0.1) is 0 Å². The molecule has 2 N–H and O–H groups in total. The van der Waals surface area contributed by atoms with E-state index in [1.807, 2.05) is 0 Å². The van der Waals surface area contributed by atoms with Crippen molar-refractivity contribution in [2.75, 3.05) is 20.3 Å². The van der Waals surface area contributed by atoms with Gasteiger partial charge in [0.15, 0.2) is 0 Å². The van der Waals surface area contributed by atoms with Gasteiger partial charge in [0.2, 0.25) is 0 Å². The van der Waals surface area contributed by atoms with Crippen LogP contribution in [0.4, 0.5) is 0 Å². The van der Waals surface area contributed by atoms with Crippen LogP contribution in [-0.4, -0.2) is 37.2 Å². The standard InChI is InChI=1S/C29H28ClNO6/c1-35-25-14-20(17-2-3-17)5-4-18(25)10-12-31-28(32)19-6-8-21(9-7-19)37-27-16-26-23(15-24(27)30)22(29(33)34)11-13-36-26/h4-9,14-17,22H,2-3,10-13H2,1H3,(H,31,32)(H,33,34)/t22-/m1/s1. The second kappa shape index (κ2) is 10.7. The van der Waals surface area contributed by atoms with E-state index in [2.05, 4.69) is 23.5 Å². The maximum atomic E-state index is 12.6. The Morgan fingerprint density at radius 3 is 2.54 bits per heavy atom. The van der Waals surface area contributed by atoms with Crippen LogP contribution in [0.1, 0.15) is 58.1 Å². The van der Waals surface area contributed by atoms with Crippen molar-refractivity contribution in [1.82, 2.24) is 5.32 Å². The van der Waals surface area contributed by atoms with Gasteiger partial charge in [-0.25, -0.2) is 0 Å². The summed E-state index contributed by atoms with van der Waals surface area (Å²) in [6.45, 7) is 0.797. The molecule has 0 bridgehead atoms. The number of nitrogens with one attached hydrogen (secondary N) is 1. The number of carboxylic acid groups (broad SMARTS) is 1. The lowest BCUT2D eigenvalue weighted by atomic mass is 9.93. The fraction of sp³-hybridized carbons (Fsp3) is 0.310. The lowest BCUT2D eigenvalue weighted by Gasteiger charge is -2.24. The van der Waals surface area contributed by atoms with Gasteiger partial charge in [-0.3, -0.25) is 9.59 Å². The number of hydrogen-bond donors (Lipinski definition) is 2. The summed E-state index contributed by atoms with van der Waals surface area (Å²) in [4.78, 5) is 24.2. The molecule has 1 fully saturated rings. The summed E-state index contributed by atoms with van der Waals surface area (Å²) >= 11 is 6.37. The average molecular weight is 522 g/mol. The average Bonchev–Trinajstić information content (AvgIpc) is 3.75. The van der Waals surface area contributed by atoms with Crippen molar-refractivity contribution in [3.05, 3.63) is 81.9 Å². The molecule has 0 aromatic heterocycles. The molecule has 0 saturated heterocycles. The molecular weight excluding hydrogens is 494 g/mol. The Morgan fingerprint density at radius 2 is 1.84 bits per heavy atom. The SMILES string of the molecule is COc1cc(C2CC2)ccc1CCNC(=O)c1ccc(Oc2cc3c(cc2Cl)[C@H](C(=O)O)CCO3)cc1. The van der Waals surface area contributed by atoms with Gasteiger partial charge in [0.1, 0.15) is 23.0 Å². The third-order valence-electron chi connectivity index (χ3n) is 6.79. The van der Waals surface area contributed by atoms with Crippen molar-refractivity contribution < 1.29 is 28.9 Å². The van der Waals surface area contributed by atoms with Crippen molar-refractivity contribution >= 4 is 23.5 Å². The van der Waals surface area contributed by atoms with E-state index in [9.17, 15) is 14.7 Å². The Kier molecular flexibility index (Phi) is 7.24. The van der Waals surface area contributed by atoms with E-state index in [4.69, 9.17) is 25.8 Å². The summed E-state index contributed by atoms with van der Waals surface area (Å²) in [6, 6.07) is 16.3. The summed E-state index contributed by atoms with van der Waals surface area (Å²) in [6.07, 6.45) is 3.54. The van der Waals surface area contributed by atoms with E-state index in [1.54, 1.807) is 43.5 Å². The molecule has 0 unspecified atom stereocenters. The van der Waals surface area contributed by atoms with E-state index < -0.39 is 11.9 Å². The van der Waals surface area contributed by atoms with E-state index in [0.717, 1.165) is 11.3 Å². The highest BCUT2D eigenvalue weighted by molar-refractivity contribution is 6.32. The topological polar surface area (TPSA) is 94.1 Å². The highest BCUT2D eigenvalue weighted by atomic mass is 35.5. The first-order valence-corrected chi connectivity index (χ1v) is 12.7. The molecule has 5 rings (SSSR count). The number of hydrogen-bond acceptors (Lipinski definition) is 5. The Hall–Kier alpha value is -3.71. The number of carbonyl (C=O) groups excluding carboxylic acids is 1. The number of fused-ring (bicyclic) bond motifs is 1. The molecule has 8 heteroatoms. The van der Waals surface area contributed by atoms with Crippen molar-refractivity contribution in [3.8, 4) is 23.0 Å². The molecule has 192 valence electrons. The third kappa shape index (κ3) is 5.67. The molecule has 1 amide bonds. The Balaban J connectivity index is 1.18. The molecule has 2 aliphatic rings. The minimum atomic E-state index is -0.909. The molecule has 1 heterocycles. The van der Waals surface area contributed by atoms with E-state index in [1.165, 1.54) is 18.4 Å². The van der Waals surface area contributed by atoms with Gasteiger partial charge in [-0.05, 0) is 79.1 Å². The largest absolute Gasteiger partial charge is 0.496 e. The first-order chi connectivity index (χ1) is 17.9. The monoisotopic (exact) mass is 521 g/mol. The van der Waals surface area contributed by atoms with Crippen LogP contribution in [0.2, 0.25) is 5.02 Å². The van der Waals surface area contributed by atoms with Gasteiger partial charge >= 0.3 is 5.97 Å². The zero-order chi connectivity index (χ0) is 25.9. The van der Waals surface area contributed by atoms with Crippen LogP contribution < -0.4 is 19.5 Å². The van der Waals surface area contributed by atoms with Crippen LogP contribution in [0.25, 0.3) is 0 Å². The maximum Gasteiger partial charge on any atom is 0.311 e. The lowest BCUT2D eigenvalue weighted by molar-refractivity contribution is -0.139. The van der Waals surface area contributed by atoms with Gasteiger partial charge in [0.25, 0.3) is 5.91 Å². The minimum Gasteiger partial charge on any atom is -0.496 e. The van der Waals surface area contributed by atoms with Crippen LogP contribution in [0.3, 0.4) is 0 Å². The van der Waals surface area contributed by atoms with Gasteiger partial charge in [0, 0.05) is 23.7 Å². The zero-order valence-electron chi connectivity index (χ0n) is 20.5. The summed E-state index contributed by atoms with van der Waals surface area (Å²) in [7, 11) is 1.68. The quantitative estimate of drug-likeness (QED) is 0.362. The molecule has 1 aliphatic carbocycles. The molecule has 0 spiro atoms. The number of aliphatic carboxylic acids is 1. The number of rotatable bonds is 9. The van der Waals surface area contributed by atoms with Gasteiger partial charge in [-0.2, -0.15) is 0 Å². The van der Waals surface area contributed by atoms with E-state index in [-0.39, 0.29) is 10.9 Å². The van der Waals surface area contributed by atoms with Gasteiger partial charge < -0.3 is 24.6 Å². The number of methoxy groups -OCH3 is 1. The molecule has 37 heavy (non-hydrogen) atoms. The summed E-state index contributed by atoms with van der Waals surface area (Å²) in [5, 5.41) is 12.7. The maximum absolute atomic E-state index is 12.6.